The molecule has 0 heterocycles. The van der Waals surface area contributed by atoms with Crippen LogP contribution in [0.15, 0.2) is 0 Å². The largest absolute Gasteiger partial charge is 0.396 e. The lowest BCUT2D eigenvalue weighted by atomic mass is 9.69. The van der Waals surface area contributed by atoms with Crippen LogP contribution in [0, 0.1) is 5.92 Å². The van der Waals surface area contributed by atoms with Crippen LogP contribution in [0.3, 0.4) is 0 Å². The lowest BCUT2D eigenvalue weighted by molar-refractivity contribution is -0.0995. The normalized spacial score (nSPS) is 42.3. The van der Waals surface area contributed by atoms with Crippen LogP contribution in [0.2, 0.25) is 0 Å². The smallest absolute Gasteiger partial charge is 0.0695 e. The minimum Gasteiger partial charge on any atom is -0.396 e. The summed E-state index contributed by atoms with van der Waals surface area (Å²) in [4.78, 5) is 0. The Kier molecular flexibility index (Phi) is 1.78. The van der Waals surface area contributed by atoms with Gasteiger partial charge in [0.25, 0.3) is 0 Å². The van der Waals surface area contributed by atoms with Gasteiger partial charge in [0.1, 0.15) is 0 Å². The van der Waals surface area contributed by atoms with Crippen LogP contribution in [0.4, 0.5) is 0 Å². The predicted molar refractivity (Wildman–Crippen MR) is 35.1 cm³/mol. The van der Waals surface area contributed by atoms with Gasteiger partial charge in [0.05, 0.1) is 5.60 Å². The first-order valence-electron chi connectivity index (χ1n) is 3.52. The van der Waals surface area contributed by atoms with E-state index in [-0.39, 0.29) is 6.61 Å². The highest BCUT2D eigenvalue weighted by Crippen LogP contribution is 2.40. The molecular weight excluding hydrogens is 116 g/mol. The quantitative estimate of drug-likeness (QED) is 0.572. The third-order valence-electron chi connectivity index (χ3n) is 2.47. The Bertz CT molecular complexity index is 103. The Balaban J connectivity index is 2.34. The summed E-state index contributed by atoms with van der Waals surface area (Å²) in [5, 5.41) is 18.0. The highest BCUT2D eigenvalue weighted by Gasteiger charge is 2.41. The Labute approximate surface area is 55.5 Å². The molecule has 0 bridgehead atoms. The van der Waals surface area contributed by atoms with Gasteiger partial charge in [-0.3, -0.25) is 0 Å². The van der Waals surface area contributed by atoms with Gasteiger partial charge in [-0.25, -0.2) is 0 Å². The fourth-order valence-corrected chi connectivity index (χ4v) is 1.33. The fraction of sp³-hybridized carbons (Fsp3) is 1.00. The maximum absolute atomic E-state index is 9.52. The summed E-state index contributed by atoms with van der Waals surface area (Å²) in [7, 11) is 0. The van der Waals surface area contributed by atoms with Gasteiger partial charge < -0.3 is 10.2 Å². The van der Waals surface area contributed by atoms with Crippen LogP contribution >= 0.6 is 0 Å². The first-order chi connectivity index (χ1) is 4.19. The highest BCUT2D eigenvalue weighted by atomic mass is 16.3. The van der Waals surface area contributed by atoms with E-state index in [0.717, 1.165) is 12.8 Å². The van der Waals surface area contributed by atoms with Gasteiger partial charge in [0, 0.05) is 6.61 Å². The second-order valence-corrected chi connectivity index (χ2v) is 3.02. The van der Waals surface area contributed by atoms with E-state index in [1.807, 2.05) is 6.92 Å². The second-order valence-electron chi connectivity index (χ2n) is 3.02. The van der Waals surface area contributed by atoms with Crippen LogP contribution < -0.4 is 0 Å². The summed E-state index contributed by atoms with van der Waals surface area (Å²) in [6, 6.07) is 0. The van der Waals surface area contributed by atoms with Crippen LogP contribution in [0.5, 0.6) is 0 Å². The topological polar surface area (TPSA) is 40.5 Å². The molecule has 2 nitrogen and oxygen atoms in total. The molecule has 9 heavy (non-hydrogen) atoms. The molecule has 2 unspecified atom stereocenters. The van der Waals surface area contributed by atoms with Crippen LogP contribution in [-0.4, -0.2) is 22.4 Å². The number of aliphatic hydroxyl groups is 2. The zero-order valence-electron chi connectivity index (χ0n) is 5.80. The van der Waals surface area contributed by atoms with Crippen molar-refractivity contribution in [3.05, 3.63) is 0 Å². The van der Waals surface area contributed by atoms with E-state index in [1.165, 1.54) is 0 Å². The lowest BCUT2D eigenvalue weighted by Crippen LogP contribution is -2.46. The highest BCUT2D eigenvalue weighted by molar-refractivity contribution is 4.93. The van der Waals surface area contributed by atoms with Crippen molar-refractivity contribution in [1.82, 2.24) is 0 Å². The summed E-state index contributed by atoms with van der Waals surface area (Å²) in [6.45, 7) is 2.14. The van der Waals surface area contributed by atoms with Gasteiger partial charge in [0.2, 0.25) is 0 Å². The van der Waals surface area contributed by atoms with Crippen LogP contribution in [0.1, 0.15) is 26.2 Å². The maximum atomic E-state index is 9.52. The molecule has 0 aromatic heterocycles. The predicted octanol–water partition coefficient (Wildman–Crippen LogP) is 0.530. The molecule has 0 aliphatic heterocycles. The standard InChI is InChI=1S/C7H14O2/c1-6-2-3-7(6,9)4-5-8/h6,8-9H,2-5H2,1H3. The van der Waals surface area contributed by atoms with Gasteiger partial charge in [-0.1, -0.05) is 6.92 Å². The Morgan fingerprint density at radius 1 is 1.67 bits per heavy atom. The molecule has 1 fully saturated rings. The van der Waals surface area contributed by atoms with Gasteiger partial charge in [-0.05, 0) is 25.2 Å². The fourth-order valence-electron chi connectivity index (χ4n) is 1.33. The molecule has 0 aromatic rings. The summed E-state index contributed by atoms with van der Waals surface area (Å²) < 4.78 is 0. The van der Waals surface area contributed by atoms with E-state index in [0.29, 0.717) is 12.3 Å². The second kappa shape index (κ2) is 2.27. The van der Waals surface area contributed by atoms with Crippen molar-refractivity contribution in [2.24, 2.45) is 5.92 Å². The van der Waals surface area contributed by atoms with Crippen molar-refractivity contribution in [2.45, 2.75) is 31.8 Å². The summed E-state index contributed by atoms with van der Waals surface area (Å²) in [5.74, 6) is 0.393. The maximum Gasteiger partial charge on any atom is 0.0695 e. The Hall–Kier alpha value is -0.0800. The van der Waals surface area contributed by atoms with Crippen molar-refractivity contribution in [3.63, 3.8) is 0 Å². The van der Waals surface area contributed by atoms with Gasteiger partial charge in [0.15, 0.2) is 0 Å². The number of aliphatic hydroxyl groups excluding tert-OH is 1. The summed E-state index contributed by atoms with van der Waals surface area (Å²) in [5.41, 5.74) is -0.519. The van der Waals surface area contributed by atoms with Crippen molar-refractivity contribution in [2.75, 3.05) is 6.61 Å². The minimum absolute atomic E-state index is 0.112. The van der Waals surface area contributed by atoms with Gasteiger partial charge in [-0.15, -0.1) is 0 Å². The zero-order valence-corrected chi connectivity index (χ0v) is 5.80. The van der Waals surface area contributed by atoms with Crippen LogP contribution in [-0.2, 0) is 0 Å². The number of hydrogen-bond acceptors (Lipinski definition) is 2. The molecular formula is C7H14O2. The third-order valence-corrected chi connectivity index (χ3v) is 2.47. The average molecular weight is 130 g/mol. The first-order valence-corrected chi connectivity index (χ1v) is 3.52. The van der Waals surface area contributed by atoms with Crippen molar-refractivity contribution in [3.8, 4) is 0 Å². The number of rotatable bonds is 2. The van der Waals surface area contributed by atoms with Gasteiger partial charge >= 0.3 is 0 Å². The monoisotopic (exact) mass is 130 g/mol. The zero-order chi connectivity index (χ0) is 6.91. The van der Waals surface area contributed by atoms with Crippen molar-refractivity contribution < 1.29 is 10.2 Å². The molecule has 0 aromatic carbocycles. The van der Waals surface area contributed by atoms with E-state index in [4.69, 9.17) is 5.11 Å². The summed E-state index contributed by atoms with van der Waals surface area (Å²) >= 11 is 0. The molecule has 1 aliphatic carbocycles. The molecule has 2 N–H and O–H groups in total. The molecule has 2 heteroatoms. The van der Waals surface area contributed by atoms with E-state index in [2.05, 4.69) is 0 Å². The Morgan fingerprint density at radius 2 is 2.33 bits per heavy atom. The molecule has 0 saturated heterocycles. The minimum atomic E-state index is -0.519. The molecule has 0 spiro atoms. The van der Waals surface area contributed by atoms with Crippen molar-refractivity contribution in [1.29, 1.82) is 0 Å². The molecule has 0 amide bonds. The summed E-state index contributed by atoms with van der Waals surface area (Å²) in [6.07, 6.45) is 2.53. The number of hydrogen-bond donors (Lipinski definition) is 2. The SMILES string of the molecule is CC1CCC1(O)CCO. The first kappa shape index (κ1) is 7.03. The average Bonchev–Trinajstić information content (AvgIpc) is 1.86. The van der Waals surface area contributed by atoms with E-state index in [1.54, 1.807) is 0 Å². The molecule has 54 valence electrons. The van der Waals surface area contributed by atoms with E-state index >= 15 is 0 Å². The lowest BCUT2D eigenvalue weighted by Gasteiger charge is -2.43. The van der Waals surface area contributed by atoms with Crippen molar-refractivity contribution >= 4 is 0 Å². The third kappa shape index (κ3) is 1.10. The molecule has 1 rings (SSSR count). The van der Waals surface area contributed by atoms with E-state index in [9.17, 15) is 5.11 Å². The molecule has 1 saturated carbocycles. The van der Waals surface area contributed by atoms with Gasteiger partial charge in [-0.2, -0.15) is 0 Å². The Morgan fingerprint density at radius 3 is 2.44 bits per heavy atom. The molecule has 0 radical (unpaired) electrons. The van der Waals surface area contributed by atoms with Crippen LogP contribution in [0.25, 0.3) is 0 Å². The molecule has 2 atom stereocenters. The molecule has 1 aliphatic rings. The van der Waals surface area contributed by atoms with E-state index < -0.39 is 5.60 Å².